The van der Waals surface area contributed by atoms with Crippen LogP contribution in [0.2, 0.25) is 0 Å². The monoisotopic (exact) mass is 269 g/mol. The van der Waals surface area contributed by atoms with Gasteiger partial charge in [0, 0.05) is 18.0 Å². The third-order valence-electron chi connectivity index (χ3n) is 2.71. The van der Waals surface area contributed by atoms with Crippen LogP contribution in [0.5, 0.6) is 0 Å². The molecule has 0 aliphatic rings. The molecule has 0 saturated carbocycles. The van der Waals surface area contributed by atoms with Gasteiger partial charge in [-0.25, -0.2) is 9.67 Å². The molecular weight excluding hydrogens is 258 g/mol. The standard InChI is InChI=1S/C12H11N7O/c20-12(15-7-11-13-5-6-14-11)9-1-3-10(4-2-9)19-8-16-17-18-19/h1-6,8H,7H2,(H,13,14)(H,15,20). The Labute approximate surface area is 113 Å². The second-order valence-electron chi connectivity index (χ2n) is 4.02. The largest absolute Gasteiger partial charge is 0.347 e. The lowest BCUT2D eigenvalue weighted by Gasteiger charge is -2.04. The number of hydrogen-bond acceptors (Lipinski definition) is 5. The van der Waals surface area contributed by atoms with Crippen LogP contribution < -0.4 is 5.32 Å². The minimum atomic E-state index is -0.162. The van der Waals surface area contributed by atoms with Crippen molar-refractivity contribution in [3.05, 3.63) is 54.4 Å². The molecule has 8 nitrogen and oxygen atoms in total. The maximum absolute atomic E-state index is 11.9. The molecule has 2 heterocycles. The lowest BCUT2D eigenvalue weighted by Crippen LogP contribution is -2.23. The lowest BCUT2D eigenvalue weighted by atomic mass is 10.2. The minimum Gasteiger partial charge on any atom is -0.347 e. The summed E-state index contributed by atoms with van der Waals surface area (Å²) in [5.74, 6) is 0.549. The number of carbonyl (C=O) groups excluding carboxylic acids is 1. The van der Waals surface area contributed by atoms with Crippen molar-refractivity contribution < 1.29 is 4.79 Å². The number of tetrazole rings is 1. The molecule has 0 fully saturated rings. The summed E-state index contributed by atoms with van der Waals surface area (Å²) < 4.78 is 1.52. The number of carbonyl (C=O) groups is 1. The van der Waals surface area contributed by atoms with Crippen LogP contribution in [-0.2, 0) is 6.54 Å². The number of H-pyrrole nitrogens is 1. The Bertz CT molecular complexity index is 673. The summed E-state index contributed by atoms with van der Waals surface area (Å²) >= 11 is 0. The van der Waals surface area contributed by atoms with Crippen molar-refractivity contribution in [1.82, 2.24) is 35.5 Å². The molecule has 8 heteroatoms. The smallest absolute Gasteiger partial charge is 0.251 e. The lowest BCUT2D eigenvalue weighted by molar-refractivity contribution is 0.0950. The van der Waals surface area contributed by atoms with Gasteiger partial charge in [-0.1, -0.05) is 0 Å². The molecule has 0 spiro atoms. The van der Waals surface area contributed by atoms with E-state index in [2.05, 4.69) is 30.8 Å². The molecule has 100 valence electrons. The van der Waals surface area contributed by atoms with E-state index in [0.717, 1.165) is 5.69 Å². The van der Waals surface area contributed by atoms with E-state index >= 15 is 0 Å². The van der Waals surface area contributed by atoms with Crippen LogP contribution in [0.1, 0.15) is 16.2 Å². The first-order chi connectivity index (χ1) is 9.83. The minimum absolute atomic E-state index is 0.162. The second-order valence-corrected chi connectivity index (χ2v) is 4.02. The van der Waals surface area contributed by atoms with E-state index in [4.69, 9.17) is 0 Å². The number of aromatic amines is 1. The zero-order valence-electron chi connectivity index (χ0n) is 10.4. The summed E-state index contributed by atoms with van der Waals surface area (Å²) in [5.41, 5.74) is 1.35. The molecule has 2 aromatic heterocycles. The molecule has 0 atom stereocenters. The quantitative estimate of drug-likeness (QED) is 0.710. The number of benzene rings is 1. The molecule has 1 aromatic carbocycles. The van der Waals surface area contributed by atoms with Crippen LogP contribution in [0.25, 0.3) is 5.69 Å². The summed E-state index contributed by atoms with van der Waals surface area (Å²) in [6.45, 7) is 0.362. The first-order valence-corrected chi connectivity index (χ1v) is 5.93. The van der Waals surface area contributed by atoms with Crippen LogP contribution in [0.15, 0.2) is 43.0 Å². The highest BCUT2D eigenvalue weighted by molar-refractivity contribution is 5.94. The van der Waals surface area contributed by atoms with Crippen molar-refractivity contribution in [3.63, 3.8) is 0 Å². The Kier molecular flexibility index (Phi) is 3.19. The number of hydrogen-bond donors (Lipinski definition) is 2. The van der Waals surface area contributed by atoms with Gasteiger partial charge in [-0.2, -0.15) is 0 Å². The van der Waals surface area contributed by atoms with Crippen molar-refractivity contribution >= 4 is 5.91 Å². The van der Waals surface area contributed by atoms with Crippen LogP contribution in [-0.4, -0.2) is 36.1 Å². The van der Waals surface area contributed by atoms with E-state index in [0.29, 0.717) is 17.9 Å². The summed E-state index contributed by atoms with van der Waals surface area (Å²) in [6, 6.07) is 6.99. The zero-order valence-corrected chi connectivity index (χ0v) is 10.4. The molecule has 2 N–H and O–H groups in total. The average Bonchev–Trinajstić information content (AvgIpc) is 3.18. The molecule has 0 unspecified atom stereocenters. The van der Waals surface area contributed by atoms with Gasteiger partial charge in [-0.15, -0.1) is 5.10 Å². The Morgan fingerprint density at radius 2 is 2.15 bits per heavy atom. The third kappa shape index (κ3) is 2.53. The van der Waals surface area contributed by atoms with Gasteiger partial charge in [-0.05, 0) is 34.7 Å². The van der Waals surface area contributed by atoms with Crippen LogP contribution in [0.4, 0.5) is 0 Å². The molecule has 3 aromatic rings. The number of nitrogens with one attached hydrogen (secondary N) is 2. The fraction of sp³-hybridized carbons (Fsp3) is 0.0833. The predicted octanol–water partition coefficient (Wildman–Crippen LogP) is 0.315. The third-order valence-corrected chi connectivity index (χ3v) is 2.71. The van der Waals surface area contributed by atoms with Gasteiger partial charge >= 0.3 is 0 Å². The van der Waals surface area contributed by atoms with E-state index in [-0.39, 0.29) is 5.91 Å². The first-order valence-electron chi connectivity index (χ1n) is 5.93. The molecule has 20 heavy (non-hydrogen) atoms. The maximum atomic E-state index is 11.9. The number of amides is 1. The van der Waals surface area contributed by atoms with Gasteiger partial charge in [-0.3, -0.25) is 4.79 Å². The Hall–Kier alpha value is -3.03. The Morgan fingerprint density at radius 3 is 2.80 bits per heavy atom. The number of rotatable bonds is 4. The van der Waals surface area contributed by atoms with Crippen molar-refractivity contribution in [2.24, 2.45) is 0 Å². The van der Waals surface area contributed by atoms with Gasteiger partial charge in [0.1, 0.15) is 12.2 Å². The summed E-state index contributed by atoms with van der Waals surface area (Å²) in [7, 11) is 0. The van der Waals surface area contributed by atoms with Crippen LogP contribution in [0.3, 0.4) is 0 Å². The summed E-state index contributed by atoms with van der Waals surface area (Å²) in [4.78, 5) is 18.9. The molecule has 0 aliphatic heterocycles. The van der Waals surface area contributed by atoms with Crippen molar-refractivity contribution in [3.8, 4) is 5.69 Å². The number of imidazole rings is 1. The van der Waals surface area contributed by atoms with Gasteiger partial charge in [0.25, 0.3) is 5.91 Å². The molecular formula is C12H11N7O. The van der Waals surface area contributed by atoms with Gasteiger partial charge in [0.15, 0.2) is 0 Å². The predicted molar refractivity (Wildman–Crippen MR) is 68.9 cm³/mol. The maximum Gasteiger partial charge on any atom is 0.251 e. The van der Waals surface area contributed by atoms with E-state index in [1.54, 1.807) is 36.7 Å². The average molecular weight is 269 g/mol. The van der Waals surface area contributed by atoms with Gasteiger partial charge in [0.2, 0.25) is 0 Å². The Morgan fingerprint density at radius 1 is 1.30 bits per heavy atom. The first kappa shape index (κ1) is 12.0. The van der Waals surface area contributed by atoms with E-state index < -0.39 is 0 Å². The highest BCUT2D eigenvalue weighted by Crippen LogP contribution is 2.07. The highest BCUT2D eigenvalue weighted by atomic mass is 16.1. The van der Waals surface area contributed by atoms with E-state index in [1.165, 1.54) is 11.0 Å². The molecule has 1 amide bonds. The number of aromatic nitrogens is 6. The summed E-state index contributed by atoms with van der Waals surface area (Å²) in [5, 5.41) is 13.7. The molecule has 0 radical (unpaired) electrons. The Balaban J connectivity index is 1.66. The van der Waals surface area contributed by atoms with Gasteiger partial charge in [0.05, 0.1) is 12.2 Å². The van der Waals surface area contributed by atoms with Crippen molar-refractivity contribution in [2.75, 3.05) is 0 Å². The second kappa shape index (κ2) is 5.31. The highest BCUT2D eigenvalue weighted by Gasteiger charge is 2.06. The molecule has 3 rings (SSSR count). The van der Waals surface area contributed by atoms with E-state index in [9.17, 15) is 4.79 Å². The van der Waals surface area contributed by atoms with Gasteiger partial charge < -0.3 is 10.3 Å². The van der Waals surface area contributed by atoms with E-state index in [1.807, 2.05) is 0 Å². The zero-order chi connectivity index (χ0) is 13.8. The number of nitrogens with zero attached hydrogens (tertiary/aromatic N) is 5. The normalized spacial score (nSPS) is 10.4. The van der Waals surface area contributed by atoms with Crippen molar-refractivity contribution in [1.29, 1.82) is 0 Å². The molecule has 0 aliphatic carbocycles. The van der Waals surface area contributed by atoms with Crippen LogP contribution in [0, 0.1) is 0 Å². The van der Waals surface area contributed by atoms with Crippen molar-refractivity contribution in [2.45, 2.75) is 6.54 Å². The van der Waals surface area contributed by atoms with Crippen LogP contribution >= 0.6 is 0 Å². The molecule has 0 bridgehead atoms. The SMILES string of the molecule is O=C(NCc1ncc[nH]1)c1ccc(-n2cnnn2)cc1. The fourth-order valence-corrected chi connectivity index (χ4v) is 1.71. The topological polar surface area (TPSA) is 101 Å². The molecule has 0 saturated heterocycles. The summed E-state index contributed by atoms with van der Waals surface area (Å²) in [6.07, 6.45) is 4.84. The fourth-order valence-electron chi connectivity index (χ4n) is 1.71.